The van der Waals surface area contributed by atoms with Crippen LogP contribution in [0.4, 0.5) is 0 Å². The van der Waals surface area contributed by atoms with Crippen LogP contribution in [0.5, 0.6) is 0 Å². The van der Waals surface area contributed by atoms with E-state index in [-0.39, 0.29) is 0 Å². The van der Waals surface area contributed by atoms with E-state index in [1.54, 1.807) is 0 Å². The van der Waals surface area contributed by atoms with Crippen molar-refractivity contribution in [1.29, 1.82) is 0 Å². The van der Waals surface area contributed by atoms with Crippen molar-refractivity contribution in [2.24, 2.45) is 11.8 Å². The van der Waals surface area contributed by atoms with Gasteiger partial charge in [0.1, 0.15) is 0 Å². The van der Waals surface area contributed by atoms with Gasteiger partial charge in [0.05, 0.1) is 0 Å². The number of rotatable bonds is 4. The van der Waals surface area contributed by atoms with Crippen LogP contribution >= 0.6 is 0 Å². The summed E-state index contributed by atoms with van der Waals surface area (Å²) in [4.78, 5) is 0. The molecule has 0 aromatic rings. The first-order valence-corrected chi connectivity index (χ1v) is 9.76. The molecule has 0 saturated heterocycles. The van der Waals surface area contributed by atoms with Gasteiger partial charge >= 0.3 is 28.4 Å². The third-order valence-electron chi connectivity index (χ3n) is 0.988. The standard InChI is InChI=1S/C8H18N.2CH3.Ga/c1-7(2)5-9-6-8(3)4;;;/h7-8H,5-6H2,1-4H3;2*1H3;/q-1;;;. The van der Waals surface area contributed by atoms with E-state index in [0.29, 0.717) is 17.4 Å². The SMILES string of the molecule is CC(C)C[N-]CC(C)C.[CH3][Ga][CH3]. The summed E-state index contributed by atoms with van der Waals surface area (Å²) in [5.41, 5.74) is 4.56. The van der Waals surface area contributed by atoms with Crippen LogP contribution < -0.4 is 0 Å². The summed E-state index contributed by atoms with van der Waals surface area (Å²) in [6.07, 6.45) is 0. The number of hydrogen-bond acceptors (Lipinski definition) is 0. The molecule has 1 radical (unpaired) electrons. The zero-order chi connectivity index (χ0) is 9.98. The zero-order valence-corrected chi connectivity index (χ0v) is 12.0. The molecule has 0 aliphatic carbocycles. The quantitative estimate of drug-likeness (QED) is 0.654. The van der Waals surface area contributed by atoms with Gasteiger partial charge in [0.25, 0.3) is 0 Å². The predicted molar refractivity (Wildman–Crippen MR) is 60.3 cm³/mol. The molecule has 1 nitrogen and oxygen atoms in total. The Bertz CT molecular complexity index is 64.2. The first-order chi connectivity index (χ1) is 5.54. The molecule has 12 heavy (non-hydrogen) atoms. The second kappa shape index (κ2) is 11.6. The minimum atomic E-state index is 0.312. The van der Waals surface area contributed by atoms with E-state index >= 15 is 0 Å². The summed E-state index contributed by atoms with van der Waals surface area (Å²) in [7, 11) is 0. The van der Waals surface area contributed by atoms with Crippen LogP contribution in [0.1, 0.15) is 27.7 Å². The molecule has 0 aromatic heterocycles. The van der Waals surface area contributed by atoms with E-state index in [1.807, 2.05) is 0 Å². The predicted octanol–water partition coefficient (Wildman–Crippen LogP) is 3.46. The fraction of sp³-hybridized carbons (Fsp3) is 1.00. The van der Waals surface area contributed by atoms with Crippen LogP contribution in [-0.4, -0.2) is 30.5 Å². The third kappa shape index (κ3) is 22.4. The average molecular weight is 228 g/mol. The number of nitrogens with zero attached hydrogens (tertiary/aromatic N) is 1. The Balaban J connectivity index is 0. The Morgan fingerprint density at radius 3 is 1.33 bits per heavy atom. The van der Waals surface area contributed by atoms with Crippen LogP contribution in [0, 0.1) is 11.8 Å². The second-order valence-corrected chi connectivity index (χ2v) is 6.38. The molecule has 0 rings (SSSR count). The molecule has 0 amide bonds. The number of hydrogen-bond donors (Lipinski definition) is 0. The van der Waals surface area contributed by atoms with Crippen LogP contribution in [0.25, 0.3) is 5.32 Å². The molecule has 0 atom stereocenters. The van der Waals surface area contributed by atoms with Crippen molar-refractivity contribution in [2.45, 2.75) is 38.7 Å². The van der Waals surface area contributed by atoms with E-state index in [0.717, 1.165) is 24.9 Å². The minimum absolute atomic E-state index is 0.312. The second-order valence-electron chi connectivity index (χ2n) is 3.95. The first kappa shape index (κ1) is 15.1. The first-order valence-electron chi connectivity index (χ1n) is 4.91. The maximum absolute atomic E-state index is 4.37. The van der Waals surface area contributed by atoms with Gasteiger partial charge in [-0.05, 0) is 0 Å². The van der Waals surface area contributed by atoms with Crippen molar-refractivity contribution in [2.75, 3.05) is 13.1 Å². The summed E-state index contributed by atoms with van der Waals surface area (Å²) >= 11 is 0.312. The van der Waals surface area contributed by atoms with Crippen LogP contribution in [0.15, 0.2) is 0 Å². The Kier molecular flexibility index (Phi) is 14.6. The average Bonchev–Trinajstić information content (AvgIpc) is 1.87. The molecule has 0 aromatic carbocycles. The van der Waals surface area contributed by atoms with Gasteiger partial charge in [-0.3, -0.25) is 0 Å². The van der Waals surface area contributed by atoms with E-state index in [1.165, 1.54) is 0 Å². The summed E-state index contributed by atoms with van der Waals surface area (Å²) in [6.45, 7) is 10.8. The van der Waals surface area contributed by atoms with Crippen molar-refractivity contribution in [1.82, 2.24) is 0 Å². The molecule has 73 valence electrons. The van der Waals surface area contributed by atoms with E-state index < -0.39 is 0 Å². The van der Waals surface area contributed by atoms with E-state index in [9.17, 15) is 0 Å². The topological polar surface area (TPSA) is 14.1 Å². The molecule has 0 bridgehead atoms. The van der Waals surface area contributed by atoms with Gasteiger partial charge in [-0.25, -0.2) is 0 Å². The fourth-order valence-corrected chi connectivity index (χ4v) is 0.591. The Hall–Kier alpha value is 0.596. The molecule has 0 saturated carbocycles. The van der Waals surface area contributed by atoms with E-state index in [4.69, 9.17) is 0 Å². The Labute approximate surface area is 86.5 Å². The van der Waals surface area contributed by atoms with Gasteiger partial charge in [0.2, 0.25) is 0 Å². The van der Waals surface area contributed by atoms with Crippen molar-refractivity contribution in [3.63, 3.8) is 0 Å². The van der Waals surface area contributed by atoms with Gasteiger partial charge < -0.3 is 5.32 Å². The summed E-state index contributed by atoms with van der Waals surface area (Å²) in [6, 6.07) is 0. The molecular formula is C10H24GaN-. The summed E-state index contributed by atoms with van der Waals surface area (Å²) in [5, 5.41) is 4.37. The molecule has 0 unspecified atom stereocenters. The van der Waals surface area contributed by atoms with Gasteiger partial charge in [-0.1, -0.05) is 39.5 Å². The van der Waals surface area contributed by atoms with Crippen molar-refractivity contribution in [3.05, 3.63) is 5.32 Å². The van der Waals surface area contributed by atoms with Gasteiger partial charge in [0, 0.05) is 0 Å². The third-order valence-corrected chi connectivity index (χ3v) is 0.988. The van der Waals surface area contributed by atoms with Crippen LogP contribution in [0.2, 0.25) is 11.0 Å². The van der Waals surface area contributed by atoms with Crippen LogP contribution in [0.3, 0.4) is 0 Å². The van der Waals surface area contributed by atoms with Crippen molar-refractivity contribution in [3.8, 4) is 0 Å². The summed E-state index contributed by atoms with van der Waals surface area (Å²) < 4.78 is 0. The maximum atomic E-state index is 4.37. The Morgan fingerprint density at radius 2 is 1.17 bits per heavy atom. The van der Waals surface area contributed by atoms with Gasteiger partial charge in [0.15, 0.2) is 0 Å². The molecule has 0 aliphatic rings. The zero-order valence-electron chi connectivity index (χ0n) is 9.59. The van der Waals surface area contributed by atoms with E-state index in [2.05, 4.69) is 44.0 Å². The van der Waals surface area contributed by atoms with Crippen LogP contribution in [-0.2, 0) is 0 Å². The van der Waals surface area contributed by atoms with Gasteiger partial charge in [-0.15, -0.1) is 13.1 Å². The molecular weight excluding hydrogens is 204 g/mol. The molecule has 0 heterocycles. The molecule has 0 spiro atoms. The molecule has 0 N–H and O–H groups in total. The van der Waals surface area contributed by atoms with Crippen molar-refractivity contribution >= 4 is 17.4 Å². The molecule has 0 aliphatic heterocycles. The molecule has 0 fully saturated rings. The Morgan fingerprint density at radius 1 is 0.917 bits per heavy atom. The monoisotopic (exact) mass is 227 g/mol. The van der Waals surface area contributed by atoms with Crippen molar-refractivity contribution < 1.29 is 0 Å². The molecule has 2 heteroatoms. The summed E-state index contributed by atoms with van der Waals surface area (Å²) in [5.74, 6) is 1.45. The normalized spacial score (nSPS) is 9.67. The van der Waals surface area contributed by atoms with Gasteiger partial charge in [-0.2, -0.15) is 0 Å². The fourth-order valence-electron chi connectivity index (χ4n) is 0.591.